The van der Waals surface area contributed by atoms with Gasteiger partial charge in [-0.05, 0) is 6.42 Å². The minimum Gasteiger partial charge on any atom is -0.426 e. The number of hydrogen-bond acceptors (Lipinski definition) is 3. The van der Waals surface area contributed by atoms with Crippen LogP contribution < -0.4 is 0 Å². The van der Waals surface area contributed by atoms with E-state index in [0.717, 1.165) is 19.3 Å². The Kier molecular flexibility index (Phi) is 6.65. The highest BCUT2D eigenvalue weighted by atomic mass is 31.2. The predicted octanol–water partition coefficient (Wildman–Crippen LogP) is 0.515. The van der Waals surface area contributed by atoms with Crippen LogP contribution in [0.3, 0.4) is 0 Å². The van der Waals surface area contributed by atoms with Gasteiger partial charge in [0.2, 0.25) is 0 Å². The van der Waals surface area contributed by atoms with E-state index >= 15 is 0 Å². The lowest BCUT2D eigenvalue weighted by Crippen LogP contribution is -2.31. The molecule has 14 heavy (non-hydrogen) atoms. The zero-order valence-electron chi connectivity index (χ0n) is 8.33. The fourth-order valence-electron chi connectivity index (χ4n) is 1.27. The average Bonchev–Trinajstić information content (AvgIpc) is 2.01. The van der Waals surface area contributed by atoms with Gasteiger partial charge in [-0.1, -0.05) is 32.6 Å². The highest BCUT2D eigenvalue weighted by Crippen LogP contribution is 2.44. The van der Waals surface area contributed by atoms with Crippen LogP contribution in [0.1, 0.15) is 39.0 Å². The summed E-state index contributed by atoms with van der Waals surface area (Å²) in [6.07, 6.45) is 3.65. The monoisotopic (exact) mass is 224 g/mol. The molecule has 0 aliphatic rings. The molecule has 0 amide bonds. The summed E-state index contributed by atoms with van der Waals surface area (Å²) in [5, 5.41) is 17.5. The van der Waals surface area contributed by atoms with Crippen molar-refractivity contribution in [3.63, 3.8) is 0 Å². The van der Waals surface area contributed by atoms with Gasteiger partial charge in [0.15, 0.2) is 0 Å². The van der Waals surface area contributed by atoms with Gasteiger partial charge in [0.25, 0.3) is 0 Å². The summed E-state index contributed by atoms with van der Waals surface area (Å²) in [7, 11) is -6.31. The minimum atomic E-state index is -4.38. The molecule has 0 saturated heterocycles. The van der Waals surface area contributed by atoms with E-state index < -0.39 is 20.3 Å². The van der Waals surface area contributed by atoms with Gasteiger partial charge in [0, 0.05) is 0 Å². The quantitative estimate of drug-likeness (QED) is 0.287. The Morgan fingerprint density at radius 1 is 1.21 bits per heavy atom. The van der Waals surface area contributed by atoms with Crippen molar-refractivity contribution in [2.24, 2.45) is 0 Å². The van der Waals surface area contributed by atoms with Crippen LogP contribution in [-0.2, 0) is 4.57 Å². The van der Waals surface area contributed by atoms with Crippen molar-refractivity contribution in [2.75, 3.05) is 0 Å². The molecular weight excluding hydrogens is 206 g/mol. The molecule has 1 unspecified atom stereocenters. The van der Waals surface area contributed by atoms with E-state index in [9.17, 15) is 4.57 Å². The molecule has 0 aliphatic carbocycles. The third-order valence-corrected chi connectivity index (χ3v) is 3.52. The highest BCUT2D eigenvalue weighted by molar-refractivity contribution is 7.55. The van der Waals surface area contributed by atoms with Gasteiger partial charge in [-0.15, -0.1) is 0 Å². The Bertz CT molecular complexity index is 193. The van der Waals surface area contributed by atoms with Crippen molar-refractivity contribution in [3.05, 3.63) is 0 Å². The predicted molar refractivity (Wildman–Crippen MR) is 54.8 cm³/mol. The van der Waals surface area contributed by atoms with Crippen molar-refractivity contribution < 1.29 is 24.4 Å². The fraction of sp³-hybridized carbons (Fsp3) is 1.00. The maximum atomic E-state index is 10.8. The second-order valence-corrected chi connectivity index (χ2v) is 5.26. The minimum absolute atomic E-state index is 0.155. The van der Waals surface area contributed by atoms with Crippen LogP contribution in [0.25, 0.3) is 0 Å². The van der Waals surface area contributed by atoms with Gasteiger partial charge in [0.1, 0.15) is 0 Å². The first kappa shape index (κ1) is 14.1. The number of hydrogen-bond donors (Lipinski definition) is 4. The molecule has 0 bridgehead atoms. The maximum absolute atomic E-state index is 10.8. The summed E-state index contributed by atoms with van der Waals surface area (Å²) in [4.78, 5) is 17.6. The van der Waals surface area contributed by atoms with E-state index in [0.29, 0.717) is 6.42 Å². The smallest absolute Gasteiger partial charge is 0.426 e. The molecule has 4 N–H and O–H groups in total. The average molecular weight is 224 g/mol. The van der Waals surface area contributed by atoms with Gasteiger partial charge in [-0.25, -0.2) is 0 Å². The Labute approximate surface area is 84.5 Å². The zero-order chi connectivity index (χ0) is 11.2. The molecule has 0 aromatic carbocycles. The van der Waals surface area contributed by atoms with Crippen LogP contribution in [-0.4, -0.2) is 32.5 Å². The Balaban J connectivity index is 3.94. The van der Waals surface area contributed by atoms with Gasteiger partial charge in [0.05, 0.1) is 5.56 Å². The summed E-state index contributed by atoms with van der Waals surface area (Å²) in [6, 6.07) is 0. The lowest BCUT2D eigenvalue weighted by atomic mass is 9.82. The van der Waals surface area contributed by atoms with Crippen LogP contribution >= 0.6 is 7.60 Å². The fourth-order valence-corrected chi connectivity index (χ4v) is 2.14. The van der Waals surface area contributed by atoms with Gasteiger partial charge < -0.3 is 19.8 Å². The SMILES string of the molecule is CCCCCCC(B(O)O)P(=O)(O)O. The van der Waals surface area contributed by atoms with Crippen LogP contribution in [0.2, 0.25) is 0 Å². The van der Waals surface area contributed by atoms with Gasteiger partial charge in [-0.2, -0.15) is 0 Å². The van der Waals surface area contributed by atoms with E-state index in [1.54, 1.807) is 0 Å². The third kappa shape index (κ3) is 5.78. The maximum Gasteiger partial charge on any atom is 0.467 e. The first-order chi connectivity index (χ1) is 6.39. The Hall–Kier alpha value is 0.135. The van der Waals surface area contributed by atoms with E-state index in [2.05, 4.69) is 0 Å². The summed E-state index contributed by atoms with van der Waals surface area (Å²) >= 11 is 0. The van der Waals surface area contributed by atoms with E-state index in [4.69, 9.17) is 19.8 Å². The van der Waals surface area contributed by atoms with E-state index in [-0.39, 0.29) is 6.42 Å². The summed E-state index contributed by atoms with van der Waals surface area (Å²) < 4.78 is 10.8. The topological polar surface area (TPSA) is 98.0 Å². The lowest BCUT2D eigenvalue weighted by Gasteiger charge is -2.16. The number of unbranched alkanes of at least 4 members (excludes halogenated alkanes) is 3. The molecule has 84 valence electrons. The zero-order valence-corrected chi connectivity index (χ0v) is 9.23. The molecule has 7 heteroatoms. The summed E-state index contributed by atoms with van der Waals surface area (Å²) in [6.45, 7) is 2.03. The molecule has 1 atom stereocenters. The van der Waals surface area contributed by atoms with Gasteiger partial charge >= 0.3 is 14.7 Å². The lowest BCUT2D eigenvalue weighted by molar-refractivity contribution is 0.341. The van der Waals surface area contributed by atoms with Crippen molar-refractivity contribution >= 4 is 14.7 Å². The molecule has 0 saturated carbocycles. The van der Waals surface area contributed by atoms with Crippen LogP contribution in [0, 0.1) is 0 Å². The van der Waals surface area contributed by atoms with Crippen LogP contribution in [0.15, 0.2) is 0 Å². The molecule has 5 nitrogen and oxygen atoms in total. The molecule has 0 aromatic heterocycles. The Morgan fingerprint density at radius 2 is 1.79 bits per heavy atom. The van der Waals surface area contributed by atoms with Crippen molar-refractivity contribution in [3.8, 4) is 0 Å². The van der Waals surface area contributed by atoms with Crippen LogP contribution in [0.4, 0.5) is 0 Å². The molecule has 0 aliphatic heterocycles. The van der Waals surface area contributed by atoms with Crippen LogP contribution in [0.5, 0.6) is 0 Å². The third-order valence-electron chi connectivity index (χ3n) is 2.13. The normalized spacial score (nSPS) is 14.1. The molecule has 0 heterocycles. The van der Waals surface area contributed by atoms with Crippen molar-refractivity contribution in [1.29, 1.82) is 0 Å². The standard InChI is InChI=1S/C7H18BO5P/c1-2-3-4-5-6-7(8(9)10)14(11,12)13/h7,9-10H,2-6H2,1H3,(H2,11,12,13). The molecule has 0 spiro atoms. The van der Waals surface area contributed by atoms with E-state index in [1.165, 1.54) is 0 Å². The molecule has 0 rings (SSSR count). The first-order valence-electron chi connectivity index (χ1n) is 4.81. The number of rotatable bonds is 7. The second kappa shape index (κ2) is 6.59. The molecule has 0 fully saturated rings. The molecular formula is C7H18BO5P. The van der Waals surface area contributed by atoms with E-state index in [1.807, 2.05) is 6.92 Å². The molecule has 0 radical (unpaired) electrons. The largest absolute Gasteiger partial charge is 0.467 e. The highest BCUT2D eigenvalue weighted by Gasteiger charge is 2.37. The summed E-state index contributed by atoms with van der Waals surface area (Å²) in [5.74, 6) is 0. The second-order valence-electron chi connectivity index (χ2n) is 3.42. The molecule has 0 aromatic rings. The van der Waals surface area contributed by atoms with Gasteiger partial charge in [-0.3, -0.25) is 4.57 Å². The Morgan fingerprint density at radius 3 is 2.14 bits per heavy atom. The van der Waals surface area contributed by atoms with Crippen molar-refractivity contribution in [1.82, 2.24) is 0 Å². The summed E-state index contributed by atoms with van der Waals surface area (Å²) in [5.41, 5.74) is -1.33. The van der Waals surface area contributed by atoms with Crippen molar-refractivity contribution in [2.45, 2.75) is 44.6 Å². The first-order valence-corrected chi connectivity index (χ1v) is 6.49.